The minimum Gasteiger partial charge on any atom is -0.389 e. The molecule has 0 aliphatic heterocycles. The van der Waals surface area contributed by atoms with Crippen LogP contribution in [0.5, 0.6) is 0 Å². The quantitative estimate of drug-likeness (QED) is 0.924. The number of rotatable bonds is 3. The van der Waals surface area contributed by atoms with Gasteiger partial charge in [0.1, 0.15) is 0 Å². The molecule has 3 nitrogen and oxygen atoms in total. The van der Waals surface area contributed by atoms with Crippen LogP contribution in [-0.4, -0.2) is 20.5 Å². The first kappa shape index (κ1) is 13.4. The second kappa shape index (κ2) is 4.78. The summed E-state index contributed by atoms with van der Waals surface area (Å²) >= 11 is 6.31. The predicted molar refractivity (Wildman–Crippen MR) is 76.3 cm³/mol. The van der Waals surface area contributed by atoms with Gasteiger partial charge in [-0.3, -0.25) is 4.68 Å². The largest absolute Gasteiger partial charge is 0.389 e. The van der Waals surface area contributed by atoms with Gasteiger partial charge in [0.05, 0.1) is 22.0 Å². The molecule has 2 aliphatic rings. The third-order valence-electron chi connectivity index (χ3n) is 4.91. The van der Waals surface area contributed by atoms with Crippen molar-refractivity contribution in [1.29, 1.82) is 0 Å². The SMILES string of the molecule is Cc1nn(C)c(CC2(O)CCCC(C3CC3)C2)c1Cl. The van der Waals surface area contributed by atoms with Crippen molar-refractivity contribution < 1.29 is 5.11 Å². The summed E-state index contributed by atoms with van der Waals surface area (Å²) in [7, 11) is 1.92. The molecule has 3 rings (SSSR count). The summed E-state index contributed by atoms with van der Waals surface area (Å²) in [6.45, 7) is 1.92. The molecular formula is C15H23ClN2O. The highest BCUT2D eigenvalue weighted by Crippen LogP contribution is 2.47. The second-order valence-corrected chi connectivity index (χ2v) is 6.94. The molecule has 2 saturated carbocycles. The Bertz CT molecular complexity index is 481. The van der Waals surface area contributed by atoms with E-state index in [1.807, 2.05) is 18.7 Å². The van der Waals surface area contributed by atoms with Crippen LogP contribution in [0.2, 0.25) is 5.02 Å². The highest BCUT2D eigenvalue weighted by Gasteiger charge is 2.41. The summed E-state index contributed by atoms with van der Waals surface area (Å²) in [5.74, 6) is 1.61. The lowest BCUT2D eigenvalue weighted by Gasteiger charge is -2.37. The number of aliphatic hydroxyl groups is 1. The zero-order valence-corrected chi connectivity index (χ0v) is 12.6. The average molecular weight is 283 g/mol. The van der Waals surface area contributed by atoms with Crippen LogP contribution in [-0.2, 0) is 13.5 Å². The van der Waals surface area contributed by atoms with E-state index in [9.17, 15) is 5.11 Å². The Labute approximate surface area is 120 Å². The number of nitrogens with zero attached hydrogens (tertiary/aromatic N) is 2. The number of hydrogen-bond donors (Lipinski definition) is 1. The van der Waals surface area contributed by atoms with Gasteiger partial charge in [-0.2, -0.15) is 5.10 Å². The van der Waals surface area contributed by atoms with Gasteiger partial charge in [-0.1, -0.05) is 18.0 Å². The van der Waals surface area contributed by atoms with Crippen LogP contribution in [0.15, 0.2) is 0 Å². The van der Waals surface area contributed by atoms with Gasteiger partial charge in [0.15, 0.2) is 0 Å². The molecule has 2 atom stereocenters. The Morgan fingerprint density at radius 3 is 2.68 bits per heavy atom. The number of hydrogen-bond acceptors (Lipinski definition) is 2. The lowest BCUT2D eigenvalue weighted by Crippen LogP contribution is -2.38. The van der Waals surface area contributed by atoms with E-state index >= 15 is 0 Å². The summed E-state index contributed by atoms with van der Waals surface area (Å²) < 4.78 is 1.83. The molecule has 106 valence electrons. The topological polar surface area (TPSA) is 38.0 Å². The van der Waals surface area contributed by atoms with Gasteiger partial charge >= 0.3 is 0 Å². The molecule has 0 saturated heterocycles. The average Bonchev–Trinajstić information content (AvgIpc) is 3.16. The van der Waals surface area contributed by atoms with Crippen molar-refractivity contribution in [2.75, 3.05) is 0 Å². The van der Waals surface area contributed by atoms with E-state index in [1.54, 1.807) is 0 Å². The van der Waals surface area contributed by atoms with Gasteiger partial charge in [-0.15, -0.1) is 0 Å². The van der Waals surface area contributed by atoms with Crippen LogP contribution >= 0.6 is 11.6 Å². The predicted octanol–water partition coefficient (Wildman–Crippen LogP) is 3.26. The number of aryl methyl sites for hydroxylation is 2. The monoisotopic (exact) mass is 282 g/mol. The van der Waals surface area contributed by atoms with Gasteiger partial charge in [-0.25, -0.2) is 0 Å². The van der Waals surface area contributed by atoms with Gasteiger partial charge in [0.2, 0.25) is 0 Å². The minimum atomic E-state index is -0.574. The maximum atomic E-state index is 10.9. The van der Waals surface area contributed by atoms with E-state index in [0.717, 1.165) is 47.5 Å². The molecule has 1 N–H and O–H groups in total. The Hall–Kier alpha value is -0.540. The molecule has 19 heavy (non-hydrogen) atoms. The zero-order chi connectivity index (χ0) is 13.6. The van der Waals surface area contributed by atoms with Crippen LogP contribution in [0, 0.1) is 18.8 Å². The normalized spacial score (nSPS) is 31.7. The highest BCUT2D eigenvalue weighted by molar-refractivity contribution is 6.31. The van der Waals surface area contributed by atoms with Crippen molar-refractivity contribution in [3.63, 3.8) is 0 Å². The number of aromatic nitrogens is 2. The van der Waals surface area contributed by atoms with E-state index in [-0.39, 0.29) is 0 Å². The van der Waals surface area contributed by atoms with E-state index in [1.165, 1.54) is 19.3 Å². The lowest BCUT2D eigenvalue weighted by atomic mass is 9.74. The Balaban J connectivity index is 1.76. The van der Waals surface area contributed by atoms with Crippen molar-refractivity contribution in [2.45, 2.75) is 57.5 Å². The molecular weight excluding hydrogens is 260 g/mol. The molecule has 1 aromatic heterocycles. The van der Waals surface area contributed by atoms with Gasteiger partial charge in [0.25, 0.3) is 0 Å². The summed E-state index contributed by atoms with van der Waals surface area (Å²) in [5.41, 5.74) is 1.27. The highest BCUT2D eigenvalue weighted by atomic mass is 35.5. The molecule has 4 heteroatoms. The number of halogens is 1. The first-order valence-electron chi connectivity index (χ1n) is 7.39. The van der Waals surface area contributed by atoms with E-state index < -0.39 is 5.60 Å². The second-order valence-electron chi connectivity index (χ2n) is 6.56. The van der Waals surface area contributed by atoms with Gasteiger partial charge in [0, 0.05) is 13.5 Å². The van der Waals surface area contributed by atoms with Gasteiger partial charge < -0.3 is 5.11 Å². The first-order chi connectivity index (χ1) is 8.98. The maximum Gasteiger partial charge on any atom is 0.0848 e. The Morgan fingerprint density at radius 2 is 2.11 bits per heavy atom. The van der Waals surface area contributed by atoms with Crippen molar-refractivity contribution in [3.05, 3.63) is 16.4 Å². The first-order valence-corrected chi connectivity index (χ1v) is 7.77. The summed E-state index contributed by atoms with van der Waals surface area (Å²) in [5, 5.41) is 16.0. The van der Waals surface area contributed by atoms with E-state index in [4.69, 9.17) is 11.6 Å². The third kappa shape index (κ3) is 2.68. The van der Waals surface area contributed by atoms with Crippen LogP contribution in [0.1, 0.15) is 49.9 Å². The molecule has 2 aliphatic carbocycles. The summed E-state index contributed by atoms with van der Waals surface area (Å²) in [6, 6.07) is 0. The van der Waals surface area contributed by atoms with Gasteiger partial charge in [-0.05, 0) is 50.9 Å². The molecule has 2 unspecified atom stereocenters. The fourth-order valence-corrected chi connectivity index (χ4v) is 3.93. The zero-order valence-electron chi connectivity index (χ0n) is 11.8. The van der Waals surface area contributed by atoms with E-state index in [0.29, 0.717) is 6.42 Å². The minimum absolute atomic E-state index is 0.574. The third-order valence-corrected chi connectivity index (χ3v) is 5.40. The molecule has 0 amide bonds. The van der Waals surface area contributed by atoms with Crippen LogP contribution in [0.25, 0.3) is 0 Å². The Morgan fingerprint density at radius 1 is 1.37 bits per heavy atom. The smallest absolute Gasteiger partial charge is 0.0848 e. The van der Waals surface area contributed by atoms with Crippen molar-refractivity contribution in [2.24, 2.45) is 18.9 Å². The fourth-order valence-electron chi connectivity index (χ4n) is 3.70. The van der Waals surface area contributed by atoms with Crippen molar-refractivity contribution in [3.8, 4) is 0 Å². The molecule has 0 spiro atoms. The molecule has 2 fully saturated rings. The van der Waals surface area contributed by atoms with Crippen LogP contribution in [0.3, 0.4) is 0 Å². The van der Waals surface area contributed by atoms with Crippen molar-refractivity contribution >= 4 is 11.6 Å². The summed E-state index contributed by atoms with van der Waals surface area (Å²) in [6.07, 6.45) is 7.66. The molecule has 0 aromatic carbocycles. The standard InChI is InChI=1S/C15H23ClN2O/c1-10-14(16)13(18(2)17-10)9-15(19)7-3-4-12(8-15)11-5-6-11/h11-12,19H,3-9H2,1-2H3. The molecule has 1 heterocycles. The van der Waals surface area contributed by atoms with Crippen molar-refractivity contribution in [1.82, 2.24) is 9.78 Å². The molecule has 0 bridgehead atoms. The van der Waals surface area contributed by atoms with Crippen LogP contribution < -0.4 is 0 Å². The fraction of sp³-hybridized carbons (Fsp3) is 0.800. The maximum absolute atomic E-state index is 10.9. The summed E-state index contributed by atoms with van der Waals surface area (Å²) in [4.78, 5) is 0. The Kier molecular flexibility index (Phi) is 3.38. The van der Waals surface area contributed by atoms with Crippen LogP contribution in [0.4, 0.5) is 0 Å². The molecule has 0 radical (unpaired) electrons. The lowest BCUT2D eigenvalue weighted by molar-refractivity contribution is -0.0209. The molecule has 1 aromatic rings. The van der Waals surface area contributed by atoms with E-state index in [2.05, 4.69) is 5.10 Å².